The topological polar surface area (TPSA) is 38.3 Å². The number of rotatable bonds is 6. The maximum atomic E-state index is 12.1. The van der Waals surface area contributed by atoms with Crippen molar-refractivity contribution in [1.29, 1.82) is 0 Å². The van der Waals surface area contributed by atoms with Crippen LogP contribution in [0.25, 0.3) is 0 Å². The molecule has 18 heavy (non-hydrogen) atoms. The highest BCUT2D eigenvalue weighted by Crippen LogP contribution is 2.24. The molecule has 0 radical (unpaired) electrons. The van der Waals surface area contributed by atoms with Crippen LogP contribution in [-0.2, 0) is 15.1 Å². The SMILES string of the molecule is C=CCNC(C)(C(=O)OCC)c1ccc(Br)cc1. The Morgan fingerprint density at radius 3 is 2.61 bits per heavy atom. The summed E-state index contributed by atoms with van der Waals surface area (Å²) in [5.74, 6) is -0.283. The van der Waals surface area contributed by atoms with E-state index >= 15 is 0 Å². The van der Waals surface area contributed by atoms with Gasteiger partial charge in [-0.25, -0.2) is 4.79 Å². The van der Waals surface area contributed by atoms with Crippen LogP contribution in [0.15, 0.2) is 41.4 Å². The van der Waals surface area contributed by atoms with Crippen molar-refractivity contribution in [3.63, 3.8) is 0 Å². The summed E-state index contributed by atoms with van der Waals surface area (Å²) in [4.78, 5) is 12.1. The van der Waals surface area contributed by atoms with E-state index in [4.69, 9.17) is 4.74 Å². The quantitative estimate of drug-likeness (QED) is 0.648. The van der Waals surface area contributed by atoms with E-state index in [1.165, 1.54) is 0 Å². The van der Waals surface area contributed by atoms with Gasteiger partial charge in [0.25, 0.3) is 0 Å². The number of ether oxygens (including phenoxy) is 1. The molecule has 1 N–H and O–H groups in total. The molecular formula is C14H18BrNO2. The fraction of sp³-hybridized carbons (Fsp3) is 0.357. The van der Waals surface area contributed by atoms with Gasteiger partial charge in [0.15, 0.2) is 0 Å². The van der Waals surface area contributed by atoms with Gasteiger partial charge in [0.1, 0.15) is 5.54 Å². The fourth-order valence-electron chi connectivity index (χ4n) is 1.63. The van der Waals surface area contributed by atoms with Crippen molar-refractivity contribution in [2.45, 2.75) is 19.4 Å². The van der Waals surface area contributed by atoms with Crippen molar-refractivity contribution in [3.8, 4) is 0 Å². The molecule has 4 heteroatoms. The zero-order valence-corrected chi connectivity index (χ0v) is 12.3. The van der Waals surface area contributed by atoms with E-state index < -0.39 is 5.54 Å². The van der Waals surface area contributed by atoms with Gasteiger partial charge in [-0.3, -0.25) is 5.32 Å². The van der Waals surface area contributed by atoms with E-state index in [0.29, 0.717) is 13.2 Å². The first-order valence-corrected chi connectivity index (χ1v) is 6.63. The Bertz CT molecular complexity index is 416. The number of carbonyl (C=O) groups excluding carboxylic acids is 1. The summed E-state index contributed by atoms with van der Waals surface area (Å²) >= 11 is 3.38. The normalized spacial score (nSPS) is 13.7. The fourth-order valence-corrected chi connectivity index (χ4v) is 1.89. The third-order valence-electron chi connectivity index (χ3n) is 2.71. The van der Waals surface area contributed by atoms with Gasteiger partial charge in [0.05, 0.1) is 6.61 Å². The average molecular weight is 312 g/mol. The summed E-state index contributed by atoms with van der Waals surface area (Å²) in [6, 6.07) is 7.61. The van der Waals surface area contributed by atoms with Crippen molar-refractivity contribution in [2.24, 2.45) is 0 Å². The molecule has 0 bridgehead atoms. The van der Waals surface area contributed by atoms with Gasteiger partial charge in [0, 0.05) is 11.0 Å². The molecule has 0 saturated heterocycles. The summed E-state index contributed by atoms with van der Waals surface area (Å²) in [6.07, 6.45) is 1.72. The monoisotopic (exact) mass is 311 g/mol. The molecule has 1 unspecified atom stereocenters. The van der Waals surface area contributed by atoms with Crippen LogP contribution in [0.4, 0.5) is 0 Å². The molecule has 0 amide bonds. The van der Waals surface area contributed by atoms with Crippen molar-refractivity contribution >= 4 is 21.9 Å². The minimum Gasteiger partial charge on any atom is -0.464 e. The lowest BCUT2D eigenvalue weighted by atomic mass is 9.92. The van der Waals surface area contributed by atoms with Crippen molar-refractivity contribution in [3.05, 3.63) is 47.0 Å². The minimum atomic E-state index is -0.856. The van der Waals surface area contributed by atoms with Gasteiger partial charge in [-0.2, -0.15) is 0 Å². The Labute approximate surface area is 116 Å². The Hall–Kier alpha value is -1.13. The number of halogens is 1. The van der Waals surface area contributed by atoms with Gasteiger partial charge < -0.3 is 4.74 Å². The standard InChI is InChI=1S/C14H18BrNO2/c1-4-10-16-14(3,13(17)18-5-2)11-6-8-12(15)9-7-11/h4,6-9,16H,1,5,10H2,2-3H3. The summed E-state index contributed by atoms with van der Waals surface area (Å²) in [5, 5.41) is 3.16. The number of hydrogen-bond acceptors (Lipinski definition) is 3. The molecule has 0 aliphatic carbocycles. The molecule has 1 atom stereocenters. The molecule has 1 aromatic carbocycles. The lowest BCUT2D eigenvalue weighted by Crippen LogP contribution is -2.47. The Morgan fingerprint density at radius 1 is 1.50 bits per heavy atom. The first-order chi connectivity index (χ1) is 8.54. The minimum absolute atomic E-state index is 0.283. The molecule has 1 aromatic rings. The van der Waals surface area contributed by atoms with E-state index in [9.17, 15) is 4.79 Å². The van der Waals surface area contributed by atoms with E-state index in [0.717, 1.165) is 10.0 Å². The largest absolute Gasteiger partial charge is 0.464 e. The smallest absolute Gasteiger partial charge is 0.330 e. The zero-order chi connectivity index (χ0) is 13.6. The molecule has 98 valence electrons. The third-order valence-corrected chi connectivity index (χ3v) is 3.23. The first-order valence-electron chi connectivity index (χ1n) is 5.83. The third kappa shape index (κ3) is 3.43. The number of esters is 1. The van der Waals surface area contributed by atoms with Crippen LogP contribution in [-0.4, -0.2) is 19.1 Å². The van der Waals surface area contributed by atoms with E-state index in [1.807, 2.05) is 31.2 Å². The number of carbonyl (C=O) groups is 1. The molecule has 0 aliphatic rings. The predicted octanol–water partition coefficient (Wildman–Crippen LogP) is 3.00. The molecule has 0 spiro atoms. The van der Waals surface area contributed by atoms with Crippen LogP contribution in [0, 0.1) is 0 Å². The molecule has 0 aliphatic heterocycles. The Morgan fingerprint density at radius 2 is 2.11 bits per heavy atom. The molecule has 0 fully saturated rings. The highest BCUT2D eigenvalue weighted by molar-refractivity contribution is 9.10. The van der Waals surface area contributed by atoms with Gasteiger partial charge in [0.2, 0.25) is 0 Å². The molecule has 1 rings (SSSR count). The van der Waals surface area contributed by atoms with Gasteiger partial charge in [-0.15, -0.1) is 6.58 Å². The van der Waals surface area contributed by atoms with Crippen LogP contribution >= 0.6 is 15.9 Å². The molecule has 0 aromatic heterocycles. The van der Waals surface area contributed by atoms with Crippen LogP contribution in [0.1, 0.15) is 19.4 Å². The molecular weight excluding hydrogens is 294 g/mol. The van der Waals surface area contributed by atoms with E-state index in [-0.39, 0.29) is 5.97 Å². The van der Waals surface area contributed by atoms with Gasteiger partial charge in [-0.1, -0.05) is 34.1 Å². The second-order valence-corrected chi connectivity index (χ2v) is 4.94. The summed E-state index contributed by atoms with van der Waals surface area (Å²) in [7, 11) is 0. The van der Waals surface area contributed by atoms with Crippen molar-refractivity contribution in [2.75, 3.05) is 13.2 Å². The second kappa shape index (κ2) is 6.71. The number of nitrogens with one attached hydrogen (secondary N) is 1. The lowest BCUT2D eigenvalue weighted by Gasteiger charge is -2.28. The molecule has 0 saturated carbocycles. The van der Waals surface area contributed by atoms with Crippen molar-refractivity contribution < 1.29 is 9.53 Å². The highest BCUT2D eigenvalue weighted by Gasteiger charge is 2.35. The first kappa shape index (κ1) is 14.9. The second-order valence-electron chi connectivity index (χ2n) is 4.02. The summed E-state index contributed by atoms with van der Waals surface area (Å²) in [6.45, 7) is 8.17. The van der Waals surface area contributed by atoms with Gasteiger partial charge >= 0.3 is 5.97 Å². The van der Waals surface area contributed by atoms with E-state index in [1.54, 1.807) is 13.0 Å². The van der Waals surface area contributed by atoms with Crippen LogP contribution in [0.3, 0.4) is 0 Å². The lowest BCUT2D eigenvalue weighted by molar-refractivity contribution is -0.150. The Balaban J connectivity index is 3.06. The van der Waals surface area contributed by atoms with Crippen LogP contribution in [0.5, 0.6) is 0 Å². The predicted molar refractivity (Wildman–Crippen MR) is 76.3 cm³/mol. The van der Waals surface area contributed by atoms with Crippen LogP contribution in [0.2, 0.25) is 0 Å². The molecule has 0 heterocycles. The molecule has 3 nitrogen and oxygen atoms in total. The summed E-state index contributed by atoms with van der Waals surface area (Å²) in [5.41, 5.74) is 0.0104. The van der Waals surface area contributed by atoms with E-state index in [2.05, 4.69) is 27.8 Å². The highest BCUT2D eigenvalue weighted by atomic mass is 79.9. The average Bonchev–Trinajstić information content (AvgIpc) is 2.37. The Kier molecular flexibility index (Phi) is 5.56. The number of hydrogen-bond donors (Lipinski definition) is 1. The number of benzene rings is 1. The maximum Gasteiger partial charge on any atom is 0.330 e. The van der Waals surface area contributed by atoms with Crippen LogP contribution < -0.4 is 5.32 Å². The van der Waals surface area contributed by atoms with Gasteiger partial charge in [-0.05, 0) is 31.5 Å². The zero-order valence-electron chi connectivity index (χ0n) is 10.7. The maximum absolute atomic E-state index is 12.1. The summed E-state index contributed by atoms with van der Waals surface area (Å²) < 4.78 is 6.11. The van der Waals surface area contributed by atoms with Crippen molar-refractivity contribution in [1.82, 2.24) is 5.32 Å².